The third-order valence-electron chi connectivity index (χ3n) is 6.68. The highest BCUT2D eigenvalue weighted by Gasteiger charge is 2.60. The van der Waals surface area contributed by atoms with Crippen LogP contribution in [0.3, 0.4) is 0 Å². The van der Waals surface area contributed by atoms with Crippen LogP contribution in [0.4, 0.5) is 5.82 Å². The highest BCUT2D eigenvalue weighted by Crippen LogP contribution is 2.58. The van der Waals surface area contributed by atoms with Gasteiger partial charge in [0.05, 0.1) is 5.56 Å². The summed E-state index contributed by atoms with van der Waals surface area (Å²) in [5.41, 5.74) is -0.0626. The van der Waals surface area contributed by atoms with Gasteiger partial charge in [-0.05, 0) is 49.7 Å². The number of aromatic nitrogens is 1. The molecule has 0 saturated heterocycles. The van der Waals surface area contributed by atoms with E-state index in [-0.39, 0.29) is 29.1 Å². The third kappa shape index (κ3) is 3.08. The first kappa shape index (κ1) is 18.2. The molecule has 27 heavy (non-hydrogen) atoms. The average molecular weight is 372 g/mol. The number of carbonyl (C=O) groups is 2. The summed E-state index contributed by atoms with van der Waals surface area (Å²) in [6.45, 7) is 3.48. The Hall–Kier alpha value is -2.15. The summed E-state index contributed by atoms with van der Waals surface area (Å²) in [6, 6.07) is 3.56. The first-order chi connectivity index (χ1) is 13.0. The molecule has 3 fully saturated rings. The zero-order valence-corrected chi connectivity index (χ0v) is 16.0. The molecule has 1 aromatic rings. The highest BCUT2D eigenvalue weighted by atomic mass is 16.5. The van der Waals surface area contributed by atoms with Crippen molar-refractivity contribution in [3.63, 3.8) is 0 Å². The molecule has 2 heterocycles. The van der Waals surface area contributed by atoms with Crippen LogP contribution in [0, 0.1) is 17.3 Å². The van der Waals surface area contributed by atoms with Gasteiger partial charge in [0.1, 0.15) is 11.5 Å². The van der Waals surface area contributed by atoms with Crippen LogP contribution in [0.25, 0.3) is 0 Å². The average Bonchev–Trinajstić information content (AvgIpc) is 2.64. The minimum atomic E-state index is -0.502. The molecular formula is C20H28N4O3. The molecule has 5 rings (SSSR count). The summed E-state index contributed by atoms with van der Waals surface area (Å²) in [5, 5.41) is 9.83. The van der Waals surface area contributed by atoms with Crippen LogP contribution < -0.4 is 16.0 Å². The molecule has 7 heteroatoms. The lowest BCUT2D eigenvalue weighted by Gasteiger charge is -2.60. The Kier molecular flexibility index (Phi) is 4.58. The van der Waals surface area contributed by atoms with Crippen LogP contribution >= 0.6 is 0 Å². The van der Waals surface area contributed by atoms with E-state index in [0.717, 1.165) is 32.1 Å². The molecule has 4 aliphatic rings. The molecule has 146 valence electrons. The molecule has 3 saturated carbocycles. The Bertz CT molecular complexity index is 754. The molecule has 1 aliphatic heterocycles. The lowest BCUT2D eigenvalue weighted by atomic mass is 9.51. The summed E-state index contributed by atoms with van der Waals surface area (Å²) < 4.78 is 5.05. The van der Waals surface area contributed by atoms with Crippen molar-refractivity contribution in [1.29, 1.82) is 0 Å². The van der Waals surface area contributed by atoms with Crippen LogP contribution in [0.2, 0.25) is 0 Å². The SMILES string of the molecule is COCCCNC(=O)[C@H]1C[C@H]2CC[C@@]1(C)C[C@@]21NC(=O)c2cccnc2N1. The fraction of sp³-hybridized carbons (Fsp3) is 0.650. The number of ether oxygens (including phenoxy) is 1. The van der Waals surface area contributed by atoms with Gasteiger partial charge in [-0.1, -0.05) is 6.92 Å². The molecule has 2 amide bonds. The topological polar surface area (TPSA) is 92.4 Å². The van der Waals surface area contributed by atoms with Crippen LogP contribution in [-0.4, -0.2) is 42.7 Å². The van der Waals surface area contributed by atoms with Gasteiger partial charge in [0.25, 0.3) is 5.91 Å². The molecule has 4 atom stereocenters. The monoisotopic (exact) mass is 372 g/mol. The van der Waals surface area contributed by atoms with E-state index in [9.17, 15) is 9.59 Å². The van der Waals surface area contributed by atoms with Gasteiger partial charge >= 0.3 is 0 Å². The predicted molar refractivity (Wildman–Crippen MR) is 101 cm³/mol. The largest absolute Gasteiger partial charge is 0.385 e. The van der Waals surface area contributed by atoms with Crippen molar-refractivity contribution < 1.29 is 14.3 Å². The fourth-order valence-corrected chi connectivity index (χ4v) is 5.27. The molecule has 1 spiro atoms. The van der Waals surface area contributed by atoms with Crippen LogP contribution in [0.5, 0.6) is 0 Å². The van der Waals surface area contributed by atoms with Gasteiger partial charge in [0.2, 0.25) is 5.91 Å². The van der Waals surface area contributed by atoms with Gasteiger partial charge in [-0.15, -0.1) is 0 Å². The van der Waals surface area contributed by atoms with Gasteiger partial charge in [-0.3, -0.25) is 9.59 Å². The first-order valence-electron chi connectivity index (χ1n) is 9.80. The highest BCUT2D eigenvalue weighted by molar-refractivity contribution is 6.01. The lowest BCUT2D eigenvalue weighted by molar-refractivity contribution is -0.139. The Balaban J connectivity index is 1.51. The zero-order chi connectivity index (χ0) is 19.1. The number of rotatable bonds is 5. The second kappa shape index (κ2) is 6.78. The summed E-state index contributed by atoms with van der Waals surface area (Å²) in [6.07, 6.45) is 6.04. The van der Waals surface area contributed by atoms with Gasteiger partial charge in [-0.25, -0.2) is 4.98 Å². The quantitative estimate of drug-likeness (QED) is 0.687. The summed E-state index contributed by atoms with van der Waals surface area (Å²) >= 11 is 0. The number of hydrogen-bond acceptors (Lipinski definition) is 5. The molecule has 0 radical (unpaired) electrons. The predicted octanol–water partition coefficient (Wildman–Crippen LogP) is 1.91. The fourth-order valence-electron chi connectivity index (χ4n) is 5.27. The van der Waals surface area contributed by atoms with E-state index in [1.54, 1.807) is 25.4 Å². The maximum absolute atomic E-state index is 12.8. The summed E-state index contributed by atoms with van der Waals surface area (Å²) in [7, 11) is 1.67. The molecule has 3 aliphatic carbocycles. The number of anilines is 1. The second-order valence-electron chi connectivity index (χ2n) is 8.44. The van der Waals surface area contributed by atoms with Crippen LogP contribution in [0.1, 0.15) is 49.4 Å². The maximum atomic E-state index is 12.8. The standard InChI is InChI=1S/C20H28N4O3/c1-19-7-6-13(11-15(19)18(26)22-9-4-10-27-2)20(12-19)23-16-14(17(25)24-20)5-3-8-21-16/h3,5,8,13,15H,4,6-7,9-12H2,1-2H3,(H,21,23)(H,22,26)(H,24,25)/t13-,15-,19+,20-/m1/s1. The smallest absolute Gasteiger partial charge is 0.256 e. The Morgan fingerprint density at radius 1 is 1.44 bits per heavy atom. The number of carbonyl (C=O) groups excluding carboxylic acids is 2. The van der Waals surface area contributed by atoms with E-state index in [1.165, 1.54) is 0 Å². The summed E-state index contributed by atoms with van der Waals surface area (Å²) in [5.74, 6) is 0.904. The van der Waals surface area contributed by atoms with Crippen LogP contribution in [0.15, 0.2) is 18.3 Å². The van der Waals surface area contributed by atoms with Crippen molar-refractivity contribution in [2.24, 2.45) is 17.3 Å². The van der Waals surface area contributed by atoms with Crippen molar-refractivity contribution in [2.75, 3.05) is 25.6 Å². The number of methoxy groups -OCH3 is 1. The molecular weight excluding hydrogens is 344 g/mol. The number of fused-ring (bicyclic) bond motifs is 3. The Morgan fingerprint density at radius 3 is 3.07 bits per heavy atom. The third-order valence-corrected chi connectivity index (χ3v) is 6.68. The lowest BCUT2D eigenvalue weighted by Crippen LogP contribution is -2.70. The van der Waals surface area contributed by atoms with Crippen molar-refractivity contribution >= 4 is 17.6 Å². The zero-order valence-electron chi connectivity index (χ0n) is 16.0. The molecule has 0 aromatic carbocycles. The van der Waals surface area contributed by atoms with E-state index < -0.39 is 5.66 Å². The molecule has 3 N–H and O–H groups in total. The van der Waals surface area contributed by atoms with Gasteiger partial charge in [0.15, 0.2) is 0 Å². The van der Waals surface area contributed by atoms with Crippen molar-refractivity contribution in [3.8, 4) is 0 Å². The van der Waals surface area contributed by atoms with Crippen molar-refractivity contribution in [1.82, 2.24) is 15.6 Å². The second-order valence-corrected chi connectivity index (χ2v) is 8.44. The number of nitrogens with zero attached hydrogens (tertiary/aromatic N) is 1. The van der Waals surface area contributed by atoms with Gasteiger partial charge in [0, 0.05) is 38.3 Å². The first-order valence-corrected chi connectivity index (χ1v) is 9.80. The number of hydrogen-bond donors (Lipinski definition) is 3. The number of amides is 2. The molecule has 0 unspecified atom stereocenters. The van der Waals surface area contributed by atoms with Crippen molar-refractivity contribution in [3.05, 3.63) is 23.9 Å². The molecule has 7 nitrogen and oxygen atoms in total. The number of nitrogens with one attached hydrogen (secondary N) is 3. The van der Waals surface area contributed by atoms with E-state index >= 15 is 0 Å². The summed E-state index contributed by atoms with van der Waals surface area (Å²) in [4.78, 5) is 29.9. The minimum Gasteiger partial charge on any atom is -0.385 e. The van der Waals surface area contributed by atoms with Crippen LogP contribution in [-0.2, 0) is 9.53 Å². The Labute approximate surface area is 159 Å². The normalized spacial score (nSPS) is 33.9. The van der Waals surface area contributed by atoms with E-state index in [1.807, 2.05) is 0 Å². The van der Waals surface area contributed by atoms with E-state index in [0.29, 0.717) is 24.5 Å². The molecule has 2 bridgehead atoms. The minimum absolute atomic E-state index is 0.0201. The number of pyridine rings is 1. The van der Waals surface area contributed by atoms with E-state index in [4.69, 9.17) is 4.74 Å². The Morgan fingerprint density at radius 2 is 2.30 bits per heavy atom. The maximum Gasteiger partial charge on any atom is 0.256 e. The van der Waals surface area contributed by atoms with Gasteiger partial charge in [-0.2, -0.15) is 0 Å². The van der Waals surface area contributed by atoms with Gasteiger partial charge < -0.3 is 20.7 Å². The van der Waals surface area contributed by atoms with E-state index in [2.05, 4.69) is 27.9 Å². The van der Waals surface area contributed by atoms with Crippen molar-refractivity contribution in [2.45, 2.75) is 44.7 Å². The molecule has 1 aromatic heterocycles.